The standard InChI is InChI=1S/C18H26ClNO/c1-3-7-20-17(12(2)13-4-5-13)11-15-10-16(19)9-14-6-8-21-18(14)15/h9-10,12-13,17,20H,3-8,11H2,1-2H3. The molecule has 0 bridgehead atoms. The molecule has 0 spiro atoms. The summed E-state index contributed by atoms with van der Waals surface area (Å²) in [7, 11) is 0. The van der Waals surface area contributed by atoms with Crippen LogP contribution in [-0.2, 0) is 12.8 Å². The molecular weight excluding hydrogens is 282 g/mol. The van der Waals surface area contributed by atoms with E-state index in [9.17, 15) is 0 Å². The van der Waals surface area contributed by atoms with Crippen LogP contribution in [0.1, 0.15) is 44.2 Å². The van der Waals surface area contributed by atoms with Gasteiger partial charge in [0.15, 0.2) is 0 Å². The Bertz CT molecular complexity index is 498. The SMILES string of the molecule is CCCNC(Cc1cc(Cl)cc2c1OCC2)C(C)C1CC1. The lowest BCUT2D eigenvalue weighted by molar-refractivity contribution is 0.326. The van der Waals surface area contributed by atoms with Crippen molar-refractivity contribution in [1.82, 2.24) is 5.32 Å². The zero-order valence-electron chi connectivity index (χ0n) is 13.1. The molecular formula is C18H26ClNO. The van der Waals surface area contributed by atoms with Crippen molar-refractivity contribution in [2.45, 2.75) is 52.0 Å². The van der Waals surface area contributed by atoms with E-state index in [1.165, 1.54) is 30.4 Å². The fraction of sp³-hybridized carbons (Fsp3) is 0.667. The number of rotatable bonds is 7. The Morgan fingerprint density at radius 2 is 2.19 bits per heavy atom. The predicted molar refractivity (Wildman–Crippen MR) is 88.3 cm³/mol. The van der Waals surface area contributed by atoms with Crippen molar-refractivity contribution in [2.75, 3.05) is 13.2 Å². The van der Waals surface area contributed by atoms with Crippen molar-refractivity contribution < 1.29 is 4.74 Å². The normalized spacial score (nSPS) is 20.0. The van der Waals surface area contributed by atoms with Crippen LogP contribution in [0.25, 0.3) is 0 Å². The Labute approximate surface area is 133 Å². The monoisotopic (exact) mass is 307 g/mol. The molecule has 2 nitrogen and oxygen atoms in total. The van der Waals surface area contributed by atoms with Gasteiger partial charge in [0, 0.05) is 17.5 Å². The van der Waals surface area contributed by atoms with E-state index < -0.39 is 0 Å². The molecule has 21 heavy (non-hydrogen) atoms. The predicted octanol–water partition coefficient (Wildman–Crippen LogP) is 4.23. The molecule has 3 heteroatoms. The first-order valence-corrected chi connectivity index (χ1v) is 8.74. The van der Waals surface area contributed by atoms with E-state index in [-0.39, 0.29) is 0 Å². The van der Waals surface area contributed by atoms with E-state index in [1.54, 1.807) is 0 Å². The summed E-state index contributed by atoms with van der Waals surface area (Å²) in [4.78, 5) is 0. The third kappa shape index (κ3) is 3.54. The maximum atomic E-state index is 6.29. The second-order valence-corrected chi connectivity index (χ2v) is 7.05. The number of fused-ring (bicyclic) bond motifs is 1. The molecule has 1 saturated carbocycles. The van der Waals surface area contributed by atoms with Gasteiger partial charge in [-0.2, -0.15) is 0 Å². The van der Waals surface area contributed by atoms with Crippen LogP contribution in [0.4, 0.5) is 0 Å². The van der Waals surface area contributed by atoms with E-state index in [4.69, 9.17) is 16.3 Å². The molecule has 1 heterocycles. The lowest BCUT2D eigenvalue weighted by Gasteiger charge is -2.26. The molecule has 2 unspecified atom stereocenters. The van der Waals surface area contributed by atoms with Crippen LogP contribution >= 0.6 is 11.6 Å². The number of hydrogen-bond donors (Lipinski definition) is 1. The van der Waals surface area contributed by atoms with E-state index in [0.29, 0.717) is 6.04 Å². The highest BCUT2D eigenvalue weighted by atomic mass is 35.5. The topological polar surface area (TPSA) is 21.3 Å². The highest BCUT2D eigenvalue weighted by Gasteiger charge is 2.33. The summed E-state index contributed by atoms with van der Waals surface area (Å²) in [5, 5.41) is 4.60. The highest BCUT2D eigenvalue weighted by Crippen LogP contribution is 2.40. The average Bonchev–Trinajstić information content (AvgIpc) is 3.21. The summed E-state index contributed by atoms with van der Waals surface area (Å²) >= 11 is 6.29. The summed E-state index contributed by atoms with van der Waals surface area (Å²) in [6.07, 6.45) is 6.00. The van der Waals surface area contributed by atoms with Gasteiger partial charge in [-0.3, -0.25) is 0 Å². The summed E-state index contributed by atoms with van der Waals surface area (Å²) in [6, 6.07) is 4.70. The van der Waals surface area contributed by atoms with Crippen LogP contribution in [0.15, 0.2) is 12.1 Å². The van der Waals surface area contributed by atoms with Gasteiger partial charge in [0.2, 0.25) is 0 Å². The van der Waals surface area contributed by atoms with E-state index in [2.05, 4.69) is 31.3 Å². The van der Waals surface area contributed by atoms with Gasteiger partial charge in [-0.1, -0.05) is 25.4 Å². The van der Waals surface area contributed by atoms with Crippen molar-refractivity contribution in [3.8, 4) is 5.75 Å². The van der Waals surface area contributed by atoms with Crippen molar-refractivity contribution in [2.24, 2.45) is 11.8 Å². The molecule has 0 amide bonds. The molecule has 1 aliphatic carbocycles. The average molecular weight is 308 g/mol. The van der Waals surface area contributed by atoms with Crippen LogP contribution in [-0.4, -0.2) is 19.2 Å². The lowest BCUT2D eigenvalue weighted by atomic mass is 9.90. The summed E-state index contributed by atoms with van der Waals surface area (Å²) in [6.45, 7) is 6.52. The minimum absolute atomic E-state index is 0.532. The van der Waals surface area contributed by atoms with Gasteiger partial charge in [0.05, 0.1) is 6.61 Å². The molecule has 0 saturated heterocycles. The van der Waals surface area contributed by atoms with Gasteiger partial charge in [0.1, 0.15) is 5.75 Å². The smallest absolute Gasteiger partial charge is 0.125 e. The quantitative estimate of drug-likeness (QED) is 0.814. The van der Waals surface area contributed by atoms with Crippen LogP contribution in [0.2, 0.25) is 5.02 Å². The number of ether oxygens (including phenoxy) is 1. The minimum Gasteiger partial charge on any atom is -0.493 e. The molecule has 2 atom stereocenters. The first-order chi connectivity index (χ1) is 10.2. The molecule has 3 rings (SSSR count). The number of halogens is 1. The Hall–Kier alpha value is -0.730. The molecule has 1 fully saturated rings. The molecule has 1 aliphatic heterocycles. The maximum Gasteiger partial charge on any atom is 0.125 e. The second-order valence-electron chi connectivity index (χ2n) is 6.61. The summed E-state index contributed by atoms with van der Waals surface area (Å²) in [5.74, 6) is 2.74. The highest BCUT2D eigenvalue weighted by molar-refractivity contribution is 6.30. The van der Waals surface area contributed by atoms with Gasteiger partial charge in [-0.05, 0) is 67.3 Å². The fourth-order valence-electron chi connectivity index (χ4n) is 3.46. The van der Waals surface area contributed by atoms with E-state index in [0.717, 1.165) is 48.6 Å². The molecule has 1 aromatic carbocycles. The maximum absolute atomic E-state index is 6.29. The van der Waals surface area contributed by atoms with Crippen molar-refractivity contribution >= 4 is 11.6 Å². The van der Waals surface area contributed by atoms with Crippen molar-refractivity contribution in [3.05, 3.63) is 28.3 Å². The molecule has 116 valence electrons. The fourth-order valence-corrected chi connectivity index (χ4v) is 3.72. The molecule has 1 aromatic rings. The summed E-state index contributed by atoms with van der Waals surface area (Å²) < 4.78 is 5.86. The van der Waals surface area contributed by atoms with Crippen LogP contribution < -0.4 is 10.1 Å². The Balaban J connectivity index is 1.78. The summed E-state index contributed by atoms with van der Waals surface area (Å²) in [5.41, 5.74) is 2.57. The van der Waals surface area contributed by atoms with Gasteiger partial charge in [0.25, 0.3) is 0 Å². The van der Waals surface area contributed by atoms with Gasteiger partial charge >= 0.3 is 0 Å². The van der Waals surface area contributed by atoms with Gasteiger partial charge in [-0.15, -0.1) is 0 Å². The Morgan fingerprint density at radius 1 is 1.38 bits per heavy atom. The lowest BCUT2D eigenvalue weighted by Crippen LogP contribution is -2.38. The number of nitrogens with one attached hydrogen (secondary N) is 1. The van der Waals surface area contributed by atoms with E-state index in [1.807, 2.05) is 0 Å². The zero-order valence-corrected chi connectivity index (χ0v) is 13.9. The molecule has 0 aromatic heterocycles. The molecule has 0 radical (unpaired) electrons. The van der Waals surface area contributed by atoms with Crippen LogP contribution in [0.3, 0.4) is 0 Å². The molecule has 2 aliphatic rings. The van der Waals surface area contributed by atoms with Crippen molar-refractivity contribution in [1.29, 1.82) is 0 Å². The Morgan fingerprint density at radius 3 is 2.90 bits per heavy atom. The minimum atomic E-state index is 0.532. The first-order valence-electron chi connectivity index (χ1n) is 8.36. The third-order valence-electron chi connectivity index (χ3n) is 4.92. The molecule has 1 N–H and O–H groups in total. The Kier molecular flexibility index (Phi) is 4.75. The van der Waals surface area contributed by atoms with Crippen LogP contribution in [0.5, 0.6) is 5.75 Å². The zero-order chi connectivity index (χ0) is 14.8. The van der Waals surface area contributed by atoms with E-state index >= 15 is 0 Å². The second kappa shape index (κ2) is 6.58. The first kappa shape index (κ1) is 15.2. The van der Waals surface area contributed by atoms with Gasteiger partial charge in [-0.25, -0.2) is 0 Å². The number of hydrogen-bond acceptors (Lipinski definition) is 2. The van der Waals surface area contributed by atoms with Crippen molar-refractivity contribution in [3.63, 3.8) is 0 Å². The third-order valence-corrected chi connectivity index (χ3v) is 5.14. The van der Waals surface area contributed by atoms with Gasteiger partial charge < -0.3 is 10.1 Å². The number of benzene rings is 1. The largest absolute Gasteiger partial charge is 0.493 e. The van der Waals surface area contributed by atoms with Crippen LogP contribution in [0, 0.1) is 11.8 Å².